The molecule has 104 valence electrons. The second kappa shape index (κ2) is 9.01. The molecule has 0 radical (unpaired) electrons. The van der Waals surface area contributed by atoms with Crippen LogP contribution in [0.5, 0.6) is 0 Å². The molecule has 1 aromatic carbocycles. The maximum atomic E-state index is 9.32. The number of hydrogen-bond donors (Lipinski definition) is 1. The van der Waals surface area contributed by atoms with E-state index in [0.29, 0.717) is 0 Å². The van der Waals surface area contributed by atoms with Gasteiger partial charge in [0.25, 0.3) is 0 Å². The second-order valence-electron chi connectivity index (χ2n) is 4.72. The van der Waals surface area contributed by atoms with Crippen LogP contribution in [0.25, 0.3) is 0 Å². The van der Waals surface area contributed by atoms with Crippen molar-refractivity contribution in [2.45, 2.75) is 44.4 Å². The van der Waals surface area contributed by atoms with Crippen LogP contribution in [-0.2, 0) is 5.75 Å². The predicted octanol–water partition coefficient (Wildman–Crippen LogP) is 3.98. The van der Waals surface area contributed by atoms with Crippen LogP contribution in [0.3, 0.4) is 0 Å². The number of nitriles is 1. The van der Waals surface area contributed by atoms with E-state index in [-0.39, 0.29) is 5.54 Å². The smallest absolute Gasteiger partial charge is 0.106 e. The highest BCUT2D eigenvalue weighted by Crippen LogP contribution is 2.20. The van der Waals surface area contributed by atoms with Gasteiger partial charge in [-0.2, -0.15) is 17.0 Å². The summed E-state index contributed by atoms with van der Waals surface area (Å²) in [4.78, 5) is 0. The third-order valence-electron chi connectivity index (χ3n) is 3.34. The zero-order valence-electron chi connectivity index (χ0n) is 12.0. The quantitative estimate of drug-likeness (QED) is 0.693. The van der Waals surface area contributed by atoms with Gasteiger partial charge in [0.15, 0.2) is 0 Å². The fraction of sp³-hybridized carbons (Fsp3) is 0.562. The van der Waals surface area contributed by atoms with Crippen LogP contribution in [0, 0.1) is 11.3 Å². The Morgan fingerprint density at radius 2 is 2.00 bits per heavy atom. The molecule has 0 aliphatic rings. The number of rotatable bonds is 9. The molecule has 1 atom stereocenters. The Hall–Kier alpha value is -0.980. The van der Waals surface area contributed by atoms with E-state index < -0.39 is 0 Å². The normalized spacial score (nSPS) is 13.7. The summed E-state index contributed by atoms with van der Waals surface area (Å²) in [6.45, 7) is 5.01. The van der Waals surface area contributed by atoms with Gasteiger partial charge >= 0.3 is 0 Å². The van der Waals surface area contributed by atoms with Crippen molar-refractivity contribution < 1.29 is 0 Å². The van der Waals surface area contributed by atoms with Gasteiger partial charge in [-0.1, -0.05) is 44.2 Å². The van der Waals surface area contributed by atoms with Gasteiger partial charge in [-0.25, -0.2) is 0 Å². The van der Waals surface area contributed by atoms with Crippen molar-refractivity contribution in [3.63, 3.8) is 0 Å². The standard InChI is InChI=1S/C16H24N2S/c1-3-16(14-17,18-4-2)11-8-12-19-13-15-9-6-5-7-10-15/h5-7,9-10,18H,3-4,8,11-13H2,1-2H3. The van der Waals surface area contributed by atoms with Gasteiger partial charge in [0.2, 0.25) is 0 Å². The Labute approximate surface area is 121 Å². The van der Waals surface area contributed by atoms with Crippen molar-refractivity contribution in [2.75, 3.05) is 12.3 Å². The molecule has 0 aliphatic heterocycles. The molecule has 1 N–H and O–H groups in total. The van der Waals surface area contributed by atoms with Crippen molar-refractivity contribution in [3.8, 4) is 6.07 Å². The number of nitrogens with zero attached hydrogens (tertiary/aromatic N) is 1. The maximum Gasteiger partial charge on any atom is 0.106 e. The summed E-state index contributed by atoms with van der Waals surface area (Å²) in [5.74, 6) is 2.18. The second-order valence-corrected chi connectivity index (χ2v) is 5.82. The van der Waals surface area contributed by atoms with E-state index in [9.17, 15) is 5.26 Å². The van der Waals surface area contributed by atoms with Gasteiger partial charge < -0.3 is 0 Å². The van der Waals surface area contributed by atoms with E-state index in [1.165, 1.54) is 5.56 Å². The molecule has 1 aromatic rings. The highest BCUT2D eigenvalue weighted by Gasteiger charge is 2.25. The lowest BCUT2D eigenvalue weighted by Crippen LogP contribution is -2.43. The first-order valence-corrected chi connectivity index (χ1v) is 8.19. The molecule has 0 fully saturated rings. The predicted molar refractivity (Wildman–Crippen MR) is 84.1 cm³/mol. The first-order valence-electron chi connectivity index (χ1n) is 7.04. The molecule has 0 aromatic heterocycles. The van der Waals surface area contributed by atoms with E-state index in [0.717, 1.165) is 37.3 Å². The highest BCUT2D eigenvalue weighted by atomic mass is 32.2. The fourth-order valence-electron chi connectivity index (χ4n) is 2.14. The third kappa shape index (κ3) is 5.67. The van der Waals surface area contributed by atoms with Crippen molar-refractivity contribution in [3.05, 3.63) is 35.9 Å². The summed E-state index contributed by atoms with van der Waals surface area (Å²) >= 11 is 1.95. The molecule has 1 unspecified atom stereocenters. The van der Waals surface area contributed by atoms with Crippen LogP contribution in [-0.4, -0.2) is 17.8 Å². The van der Waals surface area contributed by atoms with Gasteiger partial charge in [0, 0.05) is 5.75 Å². The first-order chi connectivity index (χ1) is 9.26. The SMILES string of the molecule is CCNC(C#N)(CC)CCCSCc1ccccc1. The van der Waals surface area contributed by atoms with Gasteiger partial charge in [-0.05, 0) is 37.1 Å². The number of hydrogen-bond acceptors (Lipinski definition) is 3. The third-order valence-corrected chi connectivity index (χ3v) is 4.45. The molecule has 1 rings (SSSR count). The molecule has 0 spiro atoms. The molecule has 0 heterocycles. The van der Waals surface area contributed by atoms with Crippen LogP contribution in [0.1, 0.15) is 38.7 Å². The molecular formula is C16H24N2S. The van der Waals surface area contributed by atoms with E-state index in [2.05, 4.69) is 49.5 Å². The van der Waals surface area contributed by atoms with Crippen LogP contribution >= 0.6 is 11.8 Å². The lowest BCUT2D eigenvalue weighted by atomic mass is 9.92. The van der Waals surface area contributed by atoms with Crippen LogP contribution in [0.4, 0.5) is 0 Å². The molecular weight excluding hydrogens is 252 g/mol. The summed E-state index contributed by atoms with van der Waals surface area (Å²) in [6, 6.07) is 13.0. The van der Waals surface area contributed by atoms with E-state index >= 15 is 0 Å². The Balaban J connectivity index is 2.24. The molecule has 19 heavy (non-hydrogen) atoms. The van der Waals surface area contributed by atoms with Crippen LogP contribution < -0.4 is 5.32 Å². The Bertz CT molecular complexity index is 385. The topological polar surface area (TPSA) is 35.8 Å². The summed E-state index contributed by atoms with van der Waals surface area (Å²) in [5.41, 5.74) is 1.06. The van der Waals surface area contributed by atoms with E-state index in [1.807, 2.05) is 17.8 Å². The summed E-state index contributed by atoms with van der Waals surface area (Å²) in [6.07, 6.45) is 2.90. The Morgan fingerprint density at radius 1 is 1.26 bits per heavy atom. The largest absolute Gasteiger partial charge is 0.300 e. The van der Waals surface area contributed by atoms with Crippen LogP contribution in [0.2, 0.25) is 0 Å². The summed E-state index contributed by atoms with van der Waals surface area (Å²) in [5, 5.41) is 12.7. The number of nitrogens with one attached hydrogen (secondary N) is 1. The first kappa shape index (κ1) is 16.1. The molecule has 0 saturated heterocycles. The zero-order chi connectivity index (χ0) is 14.0. The van der Waals surface area contributed by atoms with E-state index in [1.54, 1.807) is 0 Å². The number of thioether (sulfide) groups is 1. The molecule has 0 aliphatic carbocycles. The molecule has 2 nitrogen and oxygen atoms in total. The maximum absolute atomic E-state index is 9.32. The van der Waals surface area contributed by atoms with Crippen molar-refractivity contribution in [1.82, 2.24) is 5.32 Å². The minimum atomic E-state index is -0.317. The zero-order valence-corrected chi connectivity index (χ0v) is 12.8. The van der Waals surface area contributed by atoms with Gasteiger partial charge in [0.05, 0.1) is 6.07 Å². The van der Waals surface area contributed by atoms with Crippen molar-refractivity contribution >= 4 is 11.8 Å². The highest BCUT2D eigenvalue weighted by molar-refractivity contribution is 7.98. The molecule has 3 heteroatoms. The molecule has 0 bridgehead atoms. The van der Waals surface area contributed by atoms with Gasteiger partial charge in [0.1, 0.15) is 5.54 Å². The van der Waals surface area contributed by atoms with Gasteiger partial charge in [-0.3, -0.25) is 5.32 Å². The average molecular weight is 276 g/mol. The lowest BCUT2D eigenvalue weighted by Gasteiger charge is -2.25. The van der Waals surface area contributed by atoms with E-state index in [4.69, 9.17) is 0 Å². The summed E-state index contributed by atoms with van der Waals surface area (Å²) < 4.78 is 0. The van der Waals surface area contributed by atoms with Crippen molar-refractivity contribution in [2.24, 2.45) is 0 Å². The Morgan fingerprint density at radius 3 is 2.58 bits per heavy atom. The minimum absolute atomic E-state index is 0.317. The average Bonchev–Trinajstić information content (AvgIpc) is 2.47. The molecule has 0 amide bonds. The van der Waals surface area contributed by atoms with Crippen molar-refractivity contribution in [1.29, 1.82) is 5.26 Å². The Kier molecular flexibility index (Phi) is 7.62. The lowest BCUT2D eigenvalue weighted by molar-refractivity contribution is 0.379. The fourth-order valence-corrected chi connectivity index (χ4v) is 3.06. The number of benzene rings is 1. The van der Waals surface area contributed by atoms with Gasteiger partial charge in [-0.15, -0.1) is 0 Å². The monoisotopic (exact) mass is 276 g/mol. The minimum Gasteiger partial charge on any atom is -0.300 e. The van der Waals surface area contributed by atoms with Crippen LogP contribution in [0.15, 0.2) is 30.3 Å². The summed E-state index contributed by atoms with van der Waals surface area (Å²) in [7, 11) is 0. The molecule has 0 saturated carbocycles.